The molecule has 2 atom stereocenters. The molecule has 4 heteroatoms. The van der Waals surface area contributed by atoms with Crippen LogP contribution in [0.25, 0.3) is 11.3 Å². The average molecular weight is 319 g/mol. The smallest absolute Gasteiger partial charge is 0.250 e. The van der Waals surface area contributed by atoms with Gasteiger partial charge in [0.05, 0.1) is 5.69 Å². The molecular formula is C15H15BrN2O. The third kappa shape index (κ3) is 2.63. The molecule has 2 aromatic heterocycles. The predicted octanol–water partition coefficient (Wildman–Crippen LogP) is 3.40. The van der Waals surface area contributed by atoms with E-state index in [4.69, 9.17) is 0 Å². The third-order valence-electron chi connectivity index (χ3n) is 3.63. The van der Waals surface area contributed by atoms with E-state index in [0.29, 0.717) is 10.9 Å². The highest BCUT2D eigenvalue weighted by molar-refractivity contribution is 9.09. The number of alkyl halides is 1. The van der Waals surface area contributed by atoms with Crippen molar-refractivity contribution in [1.82, 2.24) is 9.55 Å². The highest BCUT2D eigenvalue weighted by Crippen LogP contribution is 2.33. The summed E-state index contributed by atoms with van der Waals surface area (Å²) in [4.78, 5) is 16.9. The summed E-state index contributed by atoms with van der Waals surface area (Å²) in [6.45, 7) is 0. The minimum absolute atomic E-state index is 0.0753. The zero-order valence-corrected chi connectivity index (χ0v) is 12.1. The Morgan fingerprint density at radius 1 is 1.21 bits per heavy atom. The predicted molar refractivity (Wildman–Crippen MR) is 79.5 cm³/mol. The molecule has 98 valence electrons. The summed E-state index contributed by atoms with van der Waals surface area (Å²) in [6, 6.07) is 9.62. The van der Waals surface area contributed by atoms with E-state index in [-0.39, 0.29) is 5.56 Å². The lowest BCUT2D eigenvalue weighted by molar-refractivity contribution is 0.504. The maximum absolute atomic E-state index is 12.0. The van der Waals surface area contributed by atoms with Crippen LogP contribution in [0.3, 0.4) is 0 Å². The largest absolute Gasteiger partial charge is 0.312 e. The summed E-state index contributed by atoms with van der Waals surface area (Å²) in [5.74, 6) is 0. The van der Waals surface area contributed by atoms with E-state index < -0.39 is 0 Å². The number of pyridine rings is 2. The summed E-state index contributed by atoms with van der Waals surface area (Å²) in [7, 11) is 0. The minimum atomic E-state index is 0.0753. The Bertz CT molecular complexity index is 624. The lowest BCUT2D eigenvalue weighted by Crippen LogP contribution is -2.22. The van der Waals surface area contributed by atoms with Gasteiger partial charge in [-0.25, -0.2) is 0 Å². The van der Waals surface area contributed by atoms with Crippen LogP contribution in [0, 0.1) is 0 Å². The molecule has 2 heterocycles. The van der Waals surface area contributed by atoms with E-state index in [1.807, 2.05) is 35.0 Å². The first kappa shape index (κ1) is 12.6. The first-order valence-electron chi connectivity index (χ1n) is 6.52. The van der Waals surface area contributed by atoms with Gasteiger partial charge in [0.25, 0.3) is 5.56 Å². The lowest BCUT2D eigenvalue weighted by Gasteiger charge is -2.14. The Kier molecular flexibility index (Phi) is 3.51. The molecular weight excluding hydrogens is 304 g/mol. The normalized spacial score (nSPS) is 22.6. The Morgan fingerprint density at radius 2 is 2.11 bits per heavy atom. The van der Waals surface area contributed by atoms with Gasteiger partial charge in [-0.1, -0.05) is 22.0 Å². The van der Waals surface area contributed by atoms with E-state index in [0.717, 1.165) is 30.5 Å². The molecule has 0 amide bonds. The first-order chi connectivity index (χ1) is 9.24. The maximum Gasteiger partial charge on any atom is 0.250 e. The van der Waals surface area contributed by atoms with Crippen LogP contribution in [0.1, 0.15) is 25.3 Å². The Balaban J connectivity index is 1.99. The van der Waals surface area contributed by atoms with Crippen LogP contribution >= 0.6 is 15.9 Å². The fraction of sp³-hybridized carbons (Fsp3) is 0.333. The molecule has 1 saturated carbocycles. The van der Waals surface area contributed by atoms with Crippen LogP contribution in [0.2, 0.25) is 0 Å². The quantitative estimate of drug-likeness (QED) is 0.795. The fourth-order valence-electron chi connectivity index (χ4n) is 2.63. The third-order valence-corrected chi connectivity index (χ3v) is 4.46. The molecule has 19 heavy (non-hydrogen) atoms. The topological polar surface area (TPSA) is 34.9 Å². The van der Waals surface area contributed by atoms with Crippen LogP contribution in [0.5, 0.6) is 0 Å². The van der Waals surface area contributed by atoms with Crippen LogP contribution in [0.4, 0.5) is 0 Å². The fourth-order valence-corrected chi connectivity index (χ4v) is 3.33. The number of hydrogen-bond acceptors (Lipinski definition) is 2. The number of hydrogen-bond donors (Lipinski definition) is 0. The van der Waals surface area contributed by atoms with Gasteiger partial charge in [-0.3, -0.25) is 9.78 Å². The van der Waals surface area contributed by atoms with Gasteiger partial charge in [0.2, 0.25) is 0 Å². The highest BCUT2D eigenvalue weighted by atomic mass is 79.9. The maximum atomic E-state index is 12.0. The highest BCUT2D eigenvalue weighted by Gasteiger charge is 2.24. The second kappa shape index (κ2) is 5.29. The Hall–Kier alpha value is -1.42. The molecule has 0 aliphatic heterocycles. The molecule has 1 aliphatic carbocycles. The summed E-state index contributed by atoms with van der Waals surface area (Å²) < 4.78 is 1.87. The van der Waals surface area contributed by atoms with Crippen molar-refractivity contribution in [2.45, 2.75) is 30.1 Å². The van der Waals surface area contributed by atoms with Gasteiger partial charge in [0.1, 0.15) is 0 Å². The van der Waals surface area contributed by atoms with Crippen LogP contribution < -0.4 is 5.56 Å². The van der Waals surface area contributed by atoms with Gasteiger partial charge in [0, 0.05) is 34.9 Å². The SMILES string of the molecule is O=c1ccc(-c2ccccn2)cn1C1CCC(Br)C1. The first-order valence-corrected chi connectivity index (χ1v) is 7.43. The lowest BCUT2D eigenvalue weighted by atomic mass is 10.1. The number of rotatable bonds is 2. The summed E-state index contributed by atoms with van der Waals surface area (Å²) in [5, 5.41) is 0. The van der Waals surface area contributed by atoms with E-state index in [2.05, 4.69) is 20.9 Å². The van der Waals surface area contributed by atoms with E-state index in [1.165, 1.54) is 0 Å². The molecule has 1 aliphatic rings. The van der Waals surface area contributed by atoms with Crippen LogP contribution in [-0.4, -0.2) is 14.4 Å². The van der Waals surface area contributed by atoms with Crippen molar-refractivity contribution in [2.24, 2.45) is 0 Å². The second-order valence-corrected chi connectivity index (χ2v) is 6.24. The average Bonchev–Trinajstić information content (AvgIpc) is 2.87. The van der Waals surface area contributed by atoms with Crippen molar-refractivity contribution in [3.8, 4) is 11.3 Å². The summed E-state index contributed by atoms with van der Waals surface area (Å²) in [5.41, 5.74) is 1.98. The van der Waals surface area contributed by atoms with Gasteiger partial charge in [-0.15, -0.1) is 0 Å². The number of halogens is 1. The van der Waals surface area contributed by atoms with Crippen molar-refractivity contribution in [3.05, 3.63) is 53.1 Å². The van der Waals surface area contributed by atoms with Crippen molar-refractivity contribution in [1.29, 1.82) is 0 Å². The number of aromatic nitrogens is 2. The molecule has 0 aromatic carbocycles. The molecule has 2 aromatic rings. The summed E-state index contributed by atoms with van der Waals surface area (Å²) >= 11 is 3.64. The molecule has 0 bridgehead atoms. The van der Waals surface area contributed by atoms with Gasteiger partial charge >= 0.3 is 0 Å². The molecule has 0 saturated heterocycles. The van der Waals surface area contributed by atoms with Gasteiger partial charge in [-0.05, 0) is 37.5 Å². The zero-order valence-electron chi connectivity index (χ0n) is 10.5. The molecule has 3 nitrogen and oxygen atoms in total. The monoisotopic (exact) mass is 318 g/mol. The van der Waals surface area contributed by atoms with Crippen LogP contribution in [-0.2, 0) is 0 Å². The van der Waals surface area contributed by atoms with E-state index >= 15 is 0 Å². The van der Waals surface area contributed by atoms with Gasteiger partial charge in [0.15, 0.2) is 0 Å². The van der Waals surface area contributed by atoms with Gasteiger partial charge in [-0.2, -0.15) is 0 Å². The molecule has 2 unspecified atom stereocenters. The van der Waals surface area contributed by atoms with Crippen molar-refractivity contribution < 1.29 is 0 Å². The standard InChI is InChI=1S/C15H15BrN2O/c16-12-5-6-13(9-12)18-10-11(4-7-15(18)19)14-3-1-2-8-17-14/h1-4,7-8,10,12-13H,5-6,9H2. The van der Waals surface area contributed by atoms with Crippen molar-refractivity contribution in [2.75, 3.05) is 0 Å². The van der Waals surface area contributed by atoms with Crippen LogP contribution in [0.15, 0.2) is 47.5 Å². The Morgan fingerprint density at radius 3 is 2.79 bits per heavy atom. The van der Waals surface area contributed by atoms with E-state index in [9.17, 15) is 4.79 Å². The molecule has 3 rings (SSSR count). The second-order valence-electron chi connectivity index (χ2n) is 4.94. The van der Waals surface area contributed by atoms with Gasteiger partial charge < -0.3 is 4.57 Å². The Labute approximate surface area is 120 Å². The molecule has 1 fully saturated rings. The summed E-state index contributed by atoms with van der Waals surface area (Å²) in [6.07, 6.45) is 6.92. The van der Waals surface area contributed by atoms with E-state index in [1.54, 1.807) is 12.3 Å². The molecule has 0 spiro atoms. The molecule has 0 N–H and O–H groups in total. The van der Waals surface area contributed by atoms with Crippen molar-refractivity contribution >= 4 is 15.9 Å². The molecule has 0 radical (unpaired) electrons. The number of nitrogens with zero attached hydrogens (tertiary/aromatic N) is 2. The zero-order chi connectivity index (χ0) is 13.2. The minimum Gasteiger partial charge on any atom is -0.312 e. The van der Waals surface area contributed by atoms with Crippen molar-refractivity contribution in [3.63, 3.8) is 0 Å².